The summed E-state index contributed by atoms with van der Waals surface area (Å²) in [5.41, 5.74) is 1.18. The van der Waals surface area contributed by atoms with Crippen LogP contribution in [0.25, 0.3) is 0 Å². The predicted octanol–water partition coefficient (Wildman–Crippen LogP) is 3.06. The predicted molar refractivity (Wildman–Crippen MR) is 73.7 cm³/mol. The molecule has 3 nitrogen and oxygen atoms in total. The third-order valence-corrected chi connectivity index (χ3v) is 3.70. The largest absolute Gasteiger partial charge is 0.378 e. The fraction of sp³-hybridized carbons (Fsp3) is 0.429. The van der Waals surface area contributed by atoms with Crippen molar-refractivity contribution in [1.82, 2.24) is 0 Å². The first-order chi connectivity index (χ1) is 8.70. The Bertz CT molecular complexity index is 391. The molecule has 0 amide bonds. The van der Waals surface area contributed by atoms with E-state index >= 15 is 0 Å². The topological polar surface area (TPSA) is 38.7 Å². The molecule has 0 radical (unpaired) electrons. The summed E-state index contributed by atoms with van der Waals surface area (Å²) in [5, 5.41) is 0. The SMILES string of the molecule is CO[C@H]1CC(c2ccccc2)O[C@@H]1/C=C/P(C)O. The molecule has 0 aromatic heterocycles. The minimum absolute atomic E-state index is 0.0569. The Balaban J connectivity index is 2.06. The minimum atomic E-state index is -1.03. The van der Waals surface area contributed by atoms with Crippen molar-refractivity contribution < 1.29 is 14.4 Å². The van der Waals surface area contributed by atoms with Crippen molar-refractivity contribution in [2.24, 2.45) is 0 Å². The minimum Gasteiger partial charge on any atom is -0.378 e. The third kappa shape index (κ3) is 3.39. The van der Waals surface area contributed by atoms with Gasteiger partial charge >= 0.3 is 0 Å². The van der Waals surface area contributed by atoms with Gasteiger partial charge in [-0.25, -0.2) is 0 Å². The van der Waals surface area contributed by atoms with Crippen LogP contribution >= 0.6 is 8.15 Å². The Labute approximate surface area is 109 Å². The van der Waals surface area contributed by atoms with Crippen molar-refractivity contribution in [1.29, 1.82) is 0 Å². The molecular weight excluding hydrogens is 247 g/mol. The zero-order valence-electron chi connectivity index (χ0n) is 10.7. The molecule has 1 heterocycles. The zero-order chi connectivity index (χ0) is 13.0. The summed E-state index contributed by atoms with van der Waals surface area (Å²) < 4.78 is 11.4. The van der Waals surface area contributed by atoms with E-state index in [9.17, 15) is 4.89 Å². The molecule has 98 valence electrons. The average Bonchev–Trinajstić information content (AvgIpc) is 2.80. The lowest BCUT2D eigenvalue weighted by Crippen LogP contribution is -2.20. The Hall–Kier alpha value is -0.730. The second-order valence-corrected chi connectivity index (χ2v) is 5.87. The molecule has 2 unspecified atom stereocenters. The molecule has 1 aliphatic heterocycles. The van der Waals surface area contributed by atoms with Gasteiger partial charge in [-0.1, -0.05) is 36.4 Å². The van der Waals surface area contributed by atoms with E-state index in [-0.39, 0.29) is 18.3 Å². The maximum absolute atomic E-state index is 9.34. The highest BCUT2D eigenvalue weighted by molar-refractivity contribution is 7.54. The van der Waals surface area contributed by atoms with Crippen molar-refractivity contribution in [3.8, 4) is 0 Å². The van der Waals surface area contributed by atoms with Crippen LogP contribution in [-0.2, 0) is 9.47 Å². The number of methoxy groups -OCH3 is 1. The Morgan fingerprint density at radius 3 is 2.72 bits per heavy atom. The Morgan fingerprint density at radius 1 is 1.39 bits per heavy atom. The maximum atomic E-state index is 9.34. The number of hydrogen-bond acceptors (Lipinski definition) is 3. The monoisotopic (exact) mass is 266 g/mol. The van der Waals surface area contributed by atoms with E-state index < -0.39 is 8.15 Å². The molecule has 0 aliphatic carbocycles. The van der Waals surface area contributed by atoms with E-state index in [4.69, 9.17) is 9.47 Å². The molecule has 4 atom stereocenters. The highest BCUT2D eigenvalue weighted by atomic mass is 31.1. The Morgan fingerprint density at radius 2 is 2.11 bits per heavy atom. The molecule has 1 aromatic rings. The fourth-order valence-corrected chi connectivity index (χ4v) is 2.59. The molecular formula is C14H19O3P. The molecule has 2 rings (SSSR count). The second kappa shape index (κ2) is 6.44. The van der Waals surface area contributed by atoms with Gasteiger partial charge in [0.15, 0.2) is 0 Å². The van der Waals surface area contributed by atoms with Gasteiger partial charge < -0.3 is 14.4 Å². The van der Waals surface area contributed by atoms with Gasteiger partial charge in [0, 0.05) is 21.7 Å². The van der Waals surface area contributed by atoms with Crippen molar-refractivity contribution in [3.63, 3.8) is 0 Å². The van der Waals surface area contributed by atoms with Gasteiger partial charge in [0.1, 0.15) is 6.10 Å². The van der Waals surface area contributed by atoms with Gasteiger partial charge in [0.25, 0.3) is 0 Å². The molecule has 1 fully saturated rings. The lowest BCUT2D eigenvalue weighted by Gasteiger charge is -2.13. The van der Waals surface area contributed by atoms with Crippen molar-refractivity contribution in [2.75, 3.05) is 13.8 Å². The van der Waals surface area contributed by atoms with E-state index in [1.54, 1.807) is 19.6 Å². The van der Waals surface area contributed by atoms with E-state index in [0.717, 1.165) is 6.42 Å². The molecule has 0 saturated carbocycles. The molecule has 4 heteroatoms. The average molecular weight is 266 g/mol. The van der Waals surface area contributed by atoms with Crippen molar-refractivity contribution in [2.45, 2.75) is 24.7 Å². The van der Waals surface area contributed by atoms with Gasteiger partial charge in [-0.3, -0.25) is 0 Å². The highest BCUT2D eigenvalue weighted by Gasteiger charge is 2.34. The van der Waals surface area contributed by atoms with Gasteiger partial charge in [0.05, 0.1) is 12.2 Å². The zero-order valence-corrected chi connectivity index (χ0v) is 11.6. The number of rotatable bonds is 4. The molecule has 0 spiro atoms. The van der Waals surface area contributed by atoms with Crippen LogP contribution in [0.3, 0.4) is 0 Å². The van der Waals surface area contributed by atoms with Crippen LogP contribution in [0, 0.1) is 0 Å². The smallest absolute Gasteiger partial charge is 0.103 e. The van der Waals surface area contributed by atoms with E-state index in [0.29, 0.717) is 0 Å². The first-order valence-electron chi connectivity index (χ1n) is 6.04. The van der Waals surface area contributed by atoms with Crippen LogP contribution in [0.15, 0.2) is 42.2 Å². The van der Waals surface area contributed by atoms with Gasteiger partial charge in [-0.05, 0) is 18.0 Å². The number of ether oxygens (including phenoxy) is 2. The second-order valence-electron chi connectivity index (χ2n) is 4.43. The summed E-state index contributed by atoms with van der Waals surface area (Å²) in [4.78, 5) is 9.34. The number of hydrogen-bond donors (Lipinski definition) is 1. The molecule has 1 aromatic carbocycles. The first-order valence-corrected chi connectivity index (χ1v) is 7.85. The van der Waals surface area contributed by atoms with Crippen LogP contribution in [0.1, 0.15) is 18.1 Å². The summed E-state index contributed by atoms with van der Waals surface area (Å²) in [6.07, 6.45) is 2.83. The standard InChI is InChI=1S/C14H19O3P/c1-16-14-10-13(11-6-4-3-5-7-11)17-12(14)8-9-18(2)15/h3-9,12-15H,10H2,1-2H3/b9-8+/t12-,13?,14+,18?/m1/s1. The van der Waals surface area contributed by atoms with Crippen molar-refractivity contribution >= 4 is 8.15 Å². The van der Waals surface area contributed by atoms with E-state index in [1.165, 1.54) is 5.56 Å². The summed E-state index contributed by atoms with van der Waals surface area (Å²) in [5.74, 6) is 1.80. The van der Waals surface area contributed by atoms with Gasteiger partial charge in [-0.15, -0.1) is 0 Å². The summed E-state index contributed by atoms with van der Waals surface area (Å²) in [6, 6.07) is 10.2. The van der Waals surface area contributed by atoms with Crippen LogP contribution < -0.4 is 0 Å². The van der Waals surface area contributed by atoms with Crippen LogP contribution in [0.5, 0.6) is 0 Å². The third-order valence-electron chi connectivity index (χ3n) is 3.10. The summed E-state index contributed by atoms with van der Waals surface area (Å²) in [6.45, 7) is 1.79. The van der Waals surface area contributed by atoms with E-state index in [1.807, 2.05) is 24.3 Å². The van der Waals surface area contributed by atoms with Crippen molar-refractivity contribution in [3.05, 3.63) is 47.8 Å². The highest BCUT2D eigenvalue weighted by Crippen LogP contribution is 2.36. The number of benzene rings is 1. The van der Waals surface area contributed by atoms with Crippen LogP contribution in [-0.4, -0.2) is 30.9 Å². The fourth-order valence-electron chi connectivity index (χ4n) is 2.17. The van der Waals surface area contributed by atoms with Crippen LogP contribution in [0.2, 0.25) is 0 Å². The molecule has 1 saturated heterocycles. The van der Waals surface area contributed by atoms with Gasteiger partial charge in [0.2, 0.25) is 0 Å². The Kier molecular flexibility index (Phi) is 4.90. The van der Waals surface area contributed by atoms with E-state index in [2.05, 4.69) is 12.1 Å². The summed E-state index contributed by atoms with van der Waals surface area (Å²) >= 11 is 0. The lowest BCUT2D eigenvalue weighted by molar-refractivity contribution is 0.0220. The molecule has 1 aliphatic rings. The lowest BCUT2D eigenvalue weighted by atomic mass is 10.0. The first kappa shape index (κ1) is 13.7. The molecule has 0 bridgehead atoms. The molecule has 1 N–H and O–H groups in total. The van der Waals surface area contributed by atoms with Crippen LogP contribution in [0.4, 0.5) is 0 Å². The quantitative estimate of drug-likeness (QED) is 0.851. The normalized spacial score (nSPS) is 29.8. The molecule has 18 heavy (non-hydrogen) atoms. The summed E-state index contributed by atoms with van der Waals surface area (Å²) in [7, 11) is 0.679. The van der Waals surface area contributed by atoms with Gasteiger partial charge in [-0.2, -0.15) is 0 Å². The maximum Gasteiger partial charge on any atom is 0.103 e.